The normalized spacial score (nSPS) is 9.27. The summed E-state index contributed by atoms with van der Waals surface area (Å²) in [6.45, 7) is 8.21. The van der Waals surface area contributed by atoms with Gasteiger partial charge in [0.25, 0.3) is 0 Å². The van der Waals surface area contributed by atoms with Crippen molar-refractivity contribution in [1.82, 2.24) is 4.98 Å². The Hall–Kier alpha value is -0.0800. The second-order valence-corrected chi connectivity index (χ2v) is 3.85. The van der Waals surface area contributed by atoms with Crippen molar-refractivity contribution in [3.63, 3.8) is 0 Å². The Labute approximate surface area is 77.4 Å². The Kier molecular flexibility index (Phi) is 5.51. The highest BCUT2D eigenvalue weighted by atomic mass is 35.5. The van der Waals surface area contributed by atoms with Gasteiger partial charge in [0.05, 0.1) is 11.2 Å². The molecule has 64 valence electrons. The average Bonchev–Trinajstić information content (AvgIpc) is 2.40. The number of rotatable bonds is 1. The number of hydrogen-bond donors (Lipinski definition) is 0. The third kappa shape index (κ3) is 3.73. The van der Waals surface area contributed by atoms with Gasteiger partial charge in [0, 0.05) is 5.92 Å². The highest BCUT2D eigenvalue weighted by Gasteiger charge is 2.02. The van der Waals surface area contributed by atoms with E-state index in [9.17, 15) is 0 Å². The molecule has 0 spiro atoms. The highest BCUT2D eigenvalue weighted by molar-refractivity contribution is 7.15. The van der Waals surface area contributed by atoms with E-state index in [0.717, 1.165) is 9.34 Å². The van der Waals surface area contributed by atoms with Gasteiger partial charge in [-0.2, -0.15) is 0 Å². The van der Waals surface area contributed by atoms with Crippen LogP contribution in [0.4, 0.5) is 0 Å². The molecular weight excluding hydrogens is 178 g/mol. The van der Waals surface area contributed by atoms with Gasteiger partial charge in [-0.3, -0.25) is 0 Å². The van der Waals surface area contributed by atoms with Crippen molar-refractivity contribution < 1.29 is 0 Å². The van der Waals surface area contributed by atoms with Crippen molar-refractivity contribution in [2.75, 3.05) is 0 Å². The second kappa shape index (κ2) is 5.56. The quantitative estimate of drug-likeness (QED) is 0.655. The van der Waals surface area contributed by atoms with Gasteiger partial charge in [0.2, 0.25) is 0 Å². The molecule has 0 aromatic carbocycles. The summed E-state index contributed by atoms with van der Waals surface area (Å²) in [6.07, 6.45) is 1.70. The number of nitrogens with zero attached hydrogens (tertiary/aromatic N) is 1. The fourth-order valence-electron chi connectivity index (χ4n) is 0.534. The molecule has 1 heterocycles. The van der Waals surface area contributed by atoms with Crippen LogP contribution in [0.3, 0.4) is 0 Å². The van der Waals surface area contributed by atoms with Crippen molar-refractivity contribution in [3.05, 3.63) is 15.5 Å². The maximum Gasteiger partial charge on any atom is 0.113 e. The summed E-state index contributed by atoms with van der Waals surface area (Å²) < 4.78 is 0.777. The molecule has 0 bridgehead atoms. The maximum atomic E-state index is 5.66. The van der Waals surface area contributed by atoms with E-state index < -0.39 is 0 Å². The molecule has 3 heteroatoms. The van der Waals surface area contributed by atoms with Crippen LogP contribution in [-0.2, 0) is 0 Å². The Morgan fingerprint density at radius 3 is 2.18 bits per heavy atom. The average molecular weight is 192 g/mol. The first-order valence-electron chi connectivity index (χ1n) is 3.81. The Balaban J connectivity index is 0.000000461. The van der Waals surface area contributed by atoms with Crippen LogP contribution in [-0.4, -0.2) is 4.98 Å². The molecule has 1 nitrogen and oxygen atoms in total. The minimum absolute atomic E-state index is 0.502. The van der Waals surface area contributed by atoms with E-state index in [1.54, 1.807) is 17.5 Å². The molecular formula is C8H14ClNS. The van der Waals surface area contributed by atoms with Crippen LogP contribution in [0.2, 0.25) is 4.34 Å². The molecule has 11 heavy (non-hydrogen) atoms. The molecule has 1 aromatic rings. The van der Waals surface area contributed by atoms with Crippen LogP contribution in [0.25, 0.3) is 0 Å². The fourth-order valence-corrected chi connectivity index (χ4v) is 1.47. The standard InChI is InChI=1S/C6H8ClNS.C2H6/c1-4(2)6-8-3-5(7)9-6;1-2/h3-4H,1-2H3;1-2H3. The van der Waals surface area contributed by atoms with Crippen molar-refractivity contribution in [2.45, 2.75) is 33.6 Å². The van der Waals surface area contributed by atoms with Gasteiger partial charge < -0.3 is 0 Å². The smallest absolute Gasteiger partial charge is 0.113 e. The lowest BCUT2D eigenvalue weighted by Crippen LogP contribution is -1.81. The highest BCUT2D eigenvalue weighted by Crippen LogP contribution is 2.24. The fraction of sp³-hybridized carbons (Fsp3) is 0.625. The number of halogens is 1. The lowest BCUT2D eigenvalue weighted by molar-refractivity contribution is 0.852. The van der Waals surface area contributed by atoms with Gasteiger partial charge in [-0.25, -0.2) is 4.98 Å². The van der Waals surface area contributed by atoms with Crippen LogP contribution < -0.4 is 0 Å². The molecule has 1 aromatic heterocycles. The van der Waals surface area contributed by atoms with E-state index >= 15 is 0 Å². The SMILES string of the molecule is CC.CC(C)c1ncc(Cl)s1. The molecule has 0 fully saturated rings. The van der Waals surface area contributed by atoms with Gasteiger partial charge in [0.1, 0.15) is 4.34 Å². The van der Waals surface area contributed by atoms with Gasteiger partial charge in [-0.15, -0.1) is 11.3 Å². The summed E-state index contributed by atoms with van der Waals surface area (Å²) in [5.74, 6) is 0.502. The first kappa shape index (κ1) is 10.9. The Bertz CT molecular complexity index is 196. The van der Waals surface area contributed by atoms with E-state index in [4.69, 9.17) is 11.6 Å². The summed E-state index contributed by atoms with van der Waals surface area (Å²) in [4.78, 5) is 4.10. The molecule has 0 amide bonds. The van der Waals surface area contributed by atoms with Crippen LogP contribution in [0, 0.1) is 0 Å². The second-order valence-electron chi connectivity index (χ2n) is 2.16. The van der Waals surface area contributed by atoms with Gasteiger partial charge in [-0.05, 0) is 0 Å². The van der Waals surface area contributed by atoms with E-state index in [0.29, 0.717) is 5.92 Å². The number of thiazole rings is 1. The summed E-state index contributed by atoms with van der Waals surface area (Å²) in [7, 11) is 0. The first-order chi connectivity index (χ1) is 5.20. The number of aromatic nitrogens is 1. The van der Waals surface area contributed by atoms with Crippen molar-refractivity contribution in [2.24, 2.45) is 0 Å². The third-order valence-corrected chi connectivity index (χ3v) is 2.40. The van der Waals surface area contributed by atoms with Crippen molar-refractivity contribution in [1.29, 1.82) is 0 Å². The van der Waals surface area contributed by atoms with E-state index in [2.05, 4.69) is 18.8 Å². The molecule has 0 atom stereocenters. The lowest BCUT2D eigenvalue weighted by atomic mass is 10.2. The lowest BCUT2D eigenvalue weighted by Gasteiger charge is -1.94. The van der Waals surface area contributed by atoms with Gasteiger partial charge in [0.15, 0.2) is 0 Å². The minimum Gasteiger partial charge on any atom is -0.248 e. The van der Waals surface area contributed by atoms with Gasteiger partial charge in [-0.1, -0.05) is 39.3 Å². The molecule has 1 rings (SSSR count). The largest absolute Gasteiger partial charge is 0.248 e. The zero-order valence-corrected chi connectivity index (χ0v) is 8.96. The monoisotopic (exact) mass is 191 g/mol. The van der Waals surface area contributed by atoms with Crippen LogP contribution >= 0.6 is 22.9 Å². The predicted octanol–water partition coefficient (Wildman–Crippen LogP) is 3.95. The summed E-state index contributed by atoms with van der Waals surface area (Å²) in [6, 6.07) is 0. The van der Waals surface area contributed by atoms with Crippen molar-refractivity contribution >= 4 is 22.9 Å². The van der Waals surface area contributed by atoms with Gasteiger partial charge >= 0.3 is 0 Å². The number of hydrogen-bond acceptors (Lipinski definition) is 2. The molecule has 0 saturated carbocycles. The first-order valence-corrected chi connectivity index (χ1v) is 5.01. The minimum atomic E-state index is 0.502. The maximum absolute atomic E-state index is 5.66. The molecule has 0 aliphatic rings. The summed E-state index contributed by atoms with van der Waals surface area (Å²) >= 11 is 7.21. The predicted molar refractivity (Wildman–Crippen MR) is 52.6 cm³/mol. The topological polar surface area (TPSA) is 12.9 Å². The zero-order chi connectivity index (χ0) is 8.85. The molecule has 0 radical (unpaired) electrons. The van der Waals surface area contributed by atoms with Crippen LogP contribution in [0.15, 0.2) is 6.20 Å². The molecule has 0 unspecified atom stereocenters. The molecule has 0 aliphatic heterocycles. The van der Waals surface area contributed by atoms with E-state index in [1.807, 2.05) is 13.8 Å². The molecule has 0 aliphatic carbocycles. The van der Waals surface area contributed by atoms with Crippen LogP contribution in [0.1, 0.15) is 38.6 Å². The molecule has 0 N–H and O–H groups in total. The molecule has 0 saturated heterocycles. The van der Waals surface area contributed by atoms with E-state index in [-0.39, 0.29) is 0 Å². The summed E-state index contributed by atoms with van der Waals surface area (Å²) in [5.41, 5.74) is 0. The Morgan fingerprint density at radius 1 is 1.45 bits per heavy atom. The summed E-state index contributed by atoms with van der Waals surface area (Å²) in [5, 5.41) is 1.11. The van der Waals surface area contributed by atoms with Crippen molar-refractivity contribution in [3.8, 4) is 0 Å². The zero-order valence-electron chi connectivity index (χ0n) is 7.39. The van der Waals surface area contributed by atoms with Crippen LogP contribution in [0.5, 0.6) is 0 Å². The third-order valence-electron chi connectivity index (χ3n) is 0.989. The van der Waals surface area contributed by atoms with E-state index in [1.165, 1.54) is 0 Å². The Morgan fingerprint density at radius 2 is 2.00 bits per heavy atom.